The Morgan fingerprint density at radius 3 is 3.00 bits per heavy atom. The Balaban J connectivity index is 1.91. The molecule has 2 aromatic heterocycles. The van der Waals surface area contributed by atoms with Crippen molar-refractivity contribution in [1.82, 2.24) is 25.1 Å². The Morgan fingerprint density at radius 1 is 1.43 bits per heavy atom. The van der Waals surface area contributed by atoms with Crippen molar-refractivity contribution in [2.75, 3.05) is 43.9 Å². The smallest absolute Gasteiger partial charge is 0.226 e. The van der Waals surface area contributed by atoms with Gasteiger partial charge in [-0.1, -0.05) is 6.92 Å². The second-order valence-electron chi connectivity index (χ2n) is 5.78. The largest absolute Gasteiger partial charge is 0.354 e. The lowest BCUT2D eigenvalue weighted by atomic mass is 10.2. The second-order valence-corrected chi connectivity index (χ2v) is 5.78. The van der Waals surface area contributed by atoms with Gasteiger partial charge in [-0.3, -0.25) is 5.10 Å². The number of aromatic amines is 1. The first-order valence-corrected chi connectivity index (χ1v) is 7.55. The maximum atomic E-state index is 4.71. The van der Waals surface area contributed by atoms with Crippen LogP contribution in [0.3, 0.4) is 0 Å². The van der Waals surface area contributed by atoms with Crippen molar-refractivity contribution in [1.29, 1.82) is 0 Å². The second kappa shape index (κ2) is 5.85. The Bertz CT molecular complexity index is 606. The SMILES string of the molecule is CCCNc1nc(N2CCC(N(C)C)C2)c2cn[nH]c2n1. The molecule has 0 spiro atoms. The van der Waals surface area contributed by atoms with Gasteiger partial charge in [0.05, 0.1) is 11.6 Å². The maximum absolute atomic E-state index is 4.71. The van der Waals surface area contributed by atoms with Gasteiger partial charge in [0.25, 0.3) is 0 Å². The third-order valence-electron chi connectivity index (χ3n) is 4.02. The van der Waals surface area contributed by atoms with Gasteiger partial charge < -0.3 is 15.1 Å². The lowest BCUT2D eigenvalue weighted by Gasteiger charge is -2.21. The van der Waals surface area contributed by atoms with E-state index in [1.807, 2.05) is 6.20 Å². The summed E-state index contributed by atoms with van der Waals surface area (Å²) < 4.78 is 0. The summed E-state index contributed by atoms with van der Waals surface area (Å²) in [4.78, 5) is 13.8. The Morgan fingerprint density at radius 2 is 2.29 bits per heavy atom. The predicted octanol–water partition coefficient (Wildman–Crippen LogP) is 1.32. The Hall–Kier alpha value is -1.89. The molecule has 114 valence electrons. The molecule has 2 N–H and O–H groups in total. The van der Waals surface area contributed by atoms with E-state index in [-0.39, 0.29) is 0 Å². The number of nitrogens with zero attached hydrogens (tertiary/aromatic N) is 5. The normalized spacial score (nSPS) is 18.9. The van der Waals surface area contributed by atoms with E-state index in [1.165, 1.54) is 0 Å². The van der Waals surface area contributed by atoms with Crippen LogP contribution < -0.4 is 10.2 Å². The number of hydrogen-bond acceptors (Lipinski definition) is 6. The van der Waals surface area contributed by atoms with Crippen molar-refractivity contribution < 1.29 is 0 Å². The van der Waals surface area contributed by atoms with Crippen LogP contribution in [-0.2, 0) is 0 Å². The summed E-state index contributed by atoms with van der Waals surface area (Å²) >= 11 is 0. The van der Waals surface area contributed by atoms with Crippen LogP contribution in [0.2, 0.25) is 0 Å². The summed E-state index contributed by atoms with van der Waals surface area (Å²) in [6, 6.07) is 0.578. The van der Waals surface area contributed by atoms with Crippen LogP contribution in [0.1, 0.15) is 19.8 Å². The molecule has 1 saturated heterocycles. The monoisotopic (exact) mass is 289 g/mol. The van der Waals surface area contributed by atoms with Gasteiger partial charge >= 0.3 is 0 Å². The average Bonchev–Trinajstić information content (AvgIpc) is 3.12. The Kier molecular flexibility index (Phi) is 3.92. The standard InChI is InChI=1S/C14H23N7/c1-4-6-15-14-17-12-11(8-16-19-12)13(18-14)21-7-5-10(9-21)20(2)3/h8,10H,4-7,9H2,1-3H3,(H2,15,16,17,18,19). The van der Waals surface area contributed by atoms with Crippen LogP contribution >= 0.6 is 0 Å². The zero-order chi connectivity index (χ0) is 14.8. The van der Waals surface area contributed by atoms with Gasteiger partial charge in [0.2, 0.25) is 5.95 Å². The quantitative estimate of drug-likeness (QED) is 0.865. The minimum Gasteiger partial charge on any atom is -0.354 e. The fraction of sp³-hybridized carbons (Fsp3) is 0.643. The summed E-state index contributed by atoms with van der Waals surface area (Å²) in [5.74, 6) is 1.66. The highest BCUT2D eigenvalue weighted by molar-refractivity contribution is 5.87. The zero-order valence-corrected chi connectivity index (χ0v) is 12.9. The molecule has 1 aliphatic rings. The van der Waals surface area contributed by atoms with E-state index in [1.54, 1.807) is 0 Å². The van der Waals surface area contributed by atoms with Crippen LogP contribution in [0.25, 0.3) is 11.0 Å². The number of H-pyrrole nitrogens is 1. The molecule has 3 rings (SSSR count). The fourth-order valence-electron chi connectivity index (χ4n) is 2.73. The third-order valence-corrected chi connectivity index (χ3v) is 4.02. The van der Waals surface area contributed by atoms with E-state index in [0.717, 1.165) is 49.3 Å². The minimum absolute atomic E-state index is 0.578. The van der Waals surface area contributed by atoms with Crippen LogP contribution in [-0.4, -0.2) is 64.8 Å². The molecular weight excluding hydrogens is 266 g/mol. The maximum Gasteiger partial charge on any atom is 0.226 e. The van der Waals surface area contributed by atoms with Gasteiger partial charge in [-0.2, -0.15) is 15.1 Å². The fourth-order valence-corrected chi connectivity index (χ4v) is 2.73. The number of hydrogen-bond donors (Lipinski definition) is 2. The van der Waals surface area contributed by atoms with Gasteiger partial charge in [0, 0.05) is 25.7 Å². The number of anilines is 2. The molecule has 0 amide bonds. The van der Waals surface area contributed by atoms with Crippen LogP contribution in [0.4, 0.5) is 11.8 Å². The number of nitrogens with one attached hydrogen (secondary N) is 2. The summed E-state index contributed by atoms with van der Waals surface area (Å²) in [5, 5.41) is 11.3. The van der Waals surface area contributed by atoms with E-state index in [2.05, 4.69) is 51.3 Å². The van der Waals surface area contributed by atoms with Gasteiger partial charge in [-0.25, -0.2) is 0 Å². The lowest BCUT2D eigenvalue weighted by Crippen LogP contribution is -2.31. The first-order valence-electron chi connectivity index (χ1n) is 7.55. The lowest BCUT2D eigenvalue weighted by molar-refractivity contribution is 0.315. The van der Waals surface area contributed by atoms with Crippen molar-refractivity contribution >= 4 is 22.8 Å². The van der Waals surface area contributed by atoms with Crippen molar-refractivity contribution in [2.45, 2.75) is 25.8 Å². The molecule has 0 aliphatic carbocycles. The van der Waals surface area contributed by atoms with Crippen molar-refractivity contribution in [3.05, 3.63) is 6.20 Å². The molecule has 7 nitrogen and oxygen atoms in total. The average molecular weight is 289 g/mol. The minimum atomic E-state index is 0.578. The molecule has 2 aromatic rings. The zero-order valence-electron chi connectivity index (χ0n) is 12.9. The summed E-state index contributed by atoms with van der Waals surface area (Å²) in [6.45, 7) is 5.02. The van der Waals surface area contributed by atoms with Crippen molar-refractivity contribution in [2.24, 2.45) is 0 Å². The van der Waals surface area contributed by atoms with Crippen LogP contribution in [0.15, 0.2) is 6.20 Å². The summed E-state index contributed by atoms with van der Waals surface area (Å²) in [6.07, 6.45) is 4.03. The topological polar surface area (TPSA) is 73.0 Å². The highest BCUT2D eigenvalue weighted by atomic mass is 15.3. The molecule has 7 heteroatoms. The molecule has 21 heavy (non-hydrogen) atoms. The first kappa shape index (κ1) is 14.1. The van der Waals surface area contributed by atoms with Gasteiger partial charge in [0.15, 0.2) is 5.65 Å². The molecule has 1 fully saturated rings. The molecule has 3 heterocycles. The molecular formula is C14H23N7. The predicted molar refractivity (Wildman–Crippen MR) is 84.8 cm³/mol. The highest BCUT2D eigenvalue weighted by Crippen LogP contribution is 2.27. The van der Waals surface area contributed by atoms with E-state index in [4.69, 9.17) is 4.98 Å². The van der Waals surface area contributed by atoms with Crippen LogP contribution in [0.5, 0.6) is 0 Å². The number of rotatable bonds is 5. The van der Waals surface area contributed by atoms with Crippen LogP contribution in [0, 0.1) is 0 Å². The highest BCUT2D eigenvalue weighted by Gasteiger charge is 2.27. The molecule has 0 aromatic carbocycles. The Labute approximate surface area is 124 Å². The molecule has 1 atom stereocenters. The van der Waals surface area contributed by atoms with E-state index >= 15 is 0 Å². The molecule has 0 bridgehead atoms. The number of likely N-dealkylation sites (N-methyl/N-ethyl adjacent to an activating group) is 1. The first-order chi connectivity index (χ1) is 10.2. The summed E-state index contributed by atoms with van der Waals surface area (Å²) in [5.41, 5.74) is 0.798. The molecule has 0 saturated carbocycles. The third kappa shape index (κ3) is 2.78. The molecule has 1 unspecified atom stereocenters. The van der Waals surface area contributed by atoms with Crippen molar-refractivity contribution in [3.63, 3.8) is 0 Å². The van der Waals surface area contributed by atoms with Crippen molar-refractivity contribution in [3.8, 4) is 0 Å². The number of fused-ring (bicyclic) bond motifs is 1. The van der Waals surface area contributed by atoms with E-state index < -0.39 is 0 Å². The molecule has 0 radical (unpaired) electrons. The van der Waals surface area contributed by atoms with Gasteiger partial charge in [0.1, 0.15) is 5.82 Å². The van der Waals surface area contributed by atoms with E-state index in [9.17, 15) is 0 Å². The number of aromatic nitrogens is 4. The van der Waals surface area contributed by atoms with Gasteiger partial charge in [-0.15, -0.1) is 0 Å². The molecule has 1 aliphatic heterocycles. The van der Waals surface area contributed by atoms with Gasteiger partial charge in [-0.05, 0) is 26.9 Å². The van der Waals surface area contributed by atoms with E-state index in [0.29, 0.717) is 12.0 Å². The summed E-state index contributed by atoms with van der Waals surface area (Å²) in [7, 11) is 4.27.